The number of nitrogens with zero attached hydrogens (tertiary/aromatic N) is 1. The smallest absolute Gasteiger partial charge is 0.138 e. The molecule has 0 atom stereocenters. The van der Waals surface area contributed by atoms with Crippen LogP contribution in [0.1, 0.15) is 72.0 Å². The minimum absolute atomic E-state index is 0.224. The van der Waals surface area contributed by atoms with Gasteiger partial charge in [0.25, 0.3) is 0 Å². The Morgan fingerprint density at radius 3 is 2.31 bits per heavy atom. The topological polar surface area (TPSA) is 22.0 Å². The van der Waals surface area contributed by atoms with Gasteiger partial charge in [0.05, 0.1) is 0 Å². The first-order valence-corrected chi connectivity index (χ1v) is 14.2. The van der Waals surface area contributed by atoms with Gasteiger partial charge in [0.1, 0.15) is 11.6 Å². The summed E-state index contributed by atoms with van der Waals surface area (Å²) in [5, 5.41) is 1.18. The van der Waals surface area contributed by atoms with Crippen molar-refractivity contribution in [2.24, 2.45) is 5.41 Å². The Bertz CT molecular complexity index is 1150. The van der Waals surface area contributed by atoms with Crippen LogP contribution in [-0.4, -0.2) is 22.4 Å². The first-order valence-electron chi connectivity index (χ1n) is 12.8. The van der Waals surface area contributed by atoms with Crippen molar-refractivity contribution in [1.82, 2.24) is 4.57 Å². The number of carbonyl (C=O) groups excluding carboxylic acids is 1. The molecule has 0 saturated carbocycles. The van der Waals surface area contributed by atoms with Gasteiger partial charge in [-0.15, -0.1) is 6.58 Å². The number of halogens is 1. The second-order valence-electron chi connectivity index (χ2n) is 10.3. The lowest BCUT2D eigenvalue weighted by molar-refractivity contribution is -0.126. The van der Waals surface area contributed by atoms with Crippen LogP contribution in [0.15, 0.2) is 67.3 Å². The zero-order valence-corrected chi connectivity index (χ0v) is 23.6. The summed E-state index contributed by atoms with van der Waals surface area (Å²) < 4.78 is 15.9. The average molecular weight is 508 g/mol. The predicted octanol–water partition coefficient (Wildman–Crippen LogP) is 9.75. The second kappa shape index (κ2) is 14.2. The quantitative estimate of drug-likeness (QED) is 0.201. The van der Waals surface area contributed by atoms with E-state index in [0.717, 1.165) is 41.8 Å². The maximum atomic E-state index is 13.6. The molecule has 2 aromatic carbocycles. The molecule has 0 radical (unpaired) electrons. The lowest BCUT2D eigenvalue weighted by atomic mass is 9.88. The average Bonchev–Trinajstić information content (AvgIpc) is 3.16. The molecular formula is C32H42FNOS. The summed E-state index contributed by atoms with van der Waals surface area (Å²) in [6.45, 7) is 13.9. The Morgan fingerprint density at radius 2 is 1.75 bits per heavy atom. The molecule has 0 aliphatic heterocycles. The van der Waals surface area contributed by atoms with Crippen molar-refractivity contribution < 1.29 is 9.18 Å². The molecule has 0 N–H and O–H groups in total. The van der Waals surface area contributed by atoms with Gasteiger partial charge < -0.3 is 4.57 Å². The van der Waals surface area contributed by atoms with Crippen molar-refractivity contribution in [1.29, 1.82) is 0 Å². The Kier molecular flexibility index (Phi) is 11.7. The highest BCUT2D eigenvalue weighted by Gasteiger charge is 2.20. The number of aromatic nitrogens is 1. The molecule has 1 heterocycles. The molecule has 0 unspecified atom stereocenters. The van der Waals surface area contributed by atoms with Crippen LogP contribution in [0, 0.1) is 11.2 Å². The number of thioether (sulfide) groups is 1. The van der Waals surface area contributed by atoms with E-state index in [9.17, 15) is 9.18 Å². The summed E-state index contributed by atoms with van der Waals surface area (Å²) in [7, 11) is 0. The maximum Gasteiger partial charge on any atom is 0.138 e. The van der Waals surface area contributed by atoms with E-state index in [1.807, 2.05) is 39.0 Å². The van der Waals surface area contributed by atoms with E-state index in [1.54, 1.807) is 11.8 Å². The molecule has 36 heavy (non-hydrogen) atoms. The molecule has 0 fully saturated rings. The molecule has 2 nitrogen and oxygen atoms in total. The number of unbranched alkanes of at least 4 members (excludes halogenated alkanes) is 2. The Hall–Kier alpha value is -2.59. The highest BCUT2D eigenvalue weighted by Crippen LogP contribution is 2.38. The van der Waals surface area contributed by atoms with Crippen LogP contribution >= 0.6 is 11.8 Å². The van der Waals surface area contributed by atoms with Gasteiger partial charge in [0.2, 0.25) is 0 Å². The second-order valence-corrected chi connectivity index (χ2v) is 11.2. The van der Waals surface area contributed by atoms with Crippen LogP contribution in [0.4, 0.5) is 4.39 Å². The summed E-state index contributed by atoms with van der Waals surface area (Å²) in [5.74, 6) is 1.17. The van der Waals surface area contributed by atoms with Crippen molar-refractivity contribution in [2.75, 3.05) is 12.0 Å². The molecule has 0 aliphatic carbocycles. The van der Waals surface area contributed by atoms with Gasteiger partial charge in [-0.05, 0) is 69.2 Å². The van der Waals surface area contributed by atoms with E-state index in [0.29, 0.717) is 18.2 Å². The van der Waals surface area contributed by atoms with Crippen molar-refractivity contribution in [3.63, 3.8) is 0 Å². The molecule has 4 heteroatoms. The van der Waals surface area contributed by atoms with Crippen molar-refractivity contribution in [2.45, 2.75) is 66.3 Å². The molecular weight excluding hydrogens is 465 g/mol. The molecule has 0 spiro atoms. The lowest BCUT2D eigenvalue weighted by Gasteiger charge is -2.16. The zero-order valence-electron chi connectivity index (χ0n) is 22.8. The number of para-hydroxylation sites is 1. The Morgan fingerprint density at radius 1 is 1.08 bits per heavy atom. The molecule has 3 aromatic rings. The van der Waals surface area contributed by atoms with Crippen LogP contribution in [0.5, 0.6) is 0 Å². The third-order valence-electron chi connectivity index (χ3n) is 6.02. The first-order chi connectivity index (χ1) is 17.1. The van der Waals surface area contributed by atoms with Crippen LogP contribution in [0.25, 0.3) is 28.1 Å². The molecule has 1 aromatic heterocycles. The summed E-state index contributed by atoms with van der Waals surface area (Å²) in [4.78, 5) is 12.1. The third kappa shape index (κ3) is 8.23. The maximum absolute atomic E-state index is 13.6. The fourth-order valence-corrected chi connectivity index (χ4v) is 4.39. The minimum atomic E-state index is -0.252. The van der Waals surface area contributed by atoms with Crippen LogP contribution in [-0.2, 0) is 4.79 Å². The van der Waals surface area contributed by atoms with Gasteiger partial charge in [-0.2, -0.15) is 11.8 Å². The molecule has 0 aliphatic rings. The number of Topliss-reactive ketones (excluding diaryl/α,β-unsaturated/α-hetero) is 1. The van der Waals surface area contributed by atoms with Gasteiger partial charge >= 0.3 is 0 Å². The van der Waals surface area contributed by atoms with E-state index < -0.39 is 0 Å². The highest BCUT2D eigenvalue weighted by atomic mass is 32.2. The van der Waals surface area contributed by atoms with Gasteiger partial charge in [0.15, 0.2) is 0 Å². The fraction of sp³-hybridized carbons (Fsp3) is 0.406. The molecule has 0 bridgehead atoms. The molecule has 3 rings (SSSR count). The monoisotopic (exact) mass is 507 g/mol. The van der Waals surface area contributed by atoms with Crippen LogP contribution < -0.4 is 0 Å². The SMILES string of the molecule is C=CCSC.CC(C)n1c(/C=C/CCCCC(=O)C(C)(C)C)c(-c2ccc(F)cc2)c2ccccc21. The van der Waals surface area contributed by atoms with E-state index in [2.05, 4.69) is 67.7 Å². The summed E-state index contributed by atoms with van der Waals surface area (Å²) in [5.41, 5.74) is 4.25. The van der Waals surface area contributed by atoms with Gasteiger partial charge in [-0.3, -0.25) is 4.79 Å². The fourth-order valence-electron chi connectivity index (χ4n) is 4.16. The Balaban J connectivity index is 0.000000830. The van der Waals surface area contributed by atoms with E-state index in [4.69, 9.17) is 0 Å². The number of ketones is 1. The third-order valence-corrected chi connectivity index (χ3v) is 6.59. The summed E-state index contributed by atoms with van der Waals surface area (Å²) >= 11 is 1.78. The van der Waals surface area contributed by atoms with Gasteiger partial charge in [0, 0.05) is 45.8 Å². The van der Waals surface area contributed by atoms with Crippen molar-refractivity contribution in [3.05, 3.63) is 78.8 Å². The number of hydrogen-bond donors (Lipinski definition) is 0. The van der Waals surface area contributed by atoms with Crippen LogP contribution in [0.3, 0.4) is 0 Å². The molecule has 0 saturated heterocycles. The number of fused-ring (bicyclic) bond motifs is 1. The van der Waals surface area contributed by atoms with Gasteiger partial charge in [-0.25, -0.2) is 4.39 Å². The number of benzene rings is 2. The van der Waals surface area contributed by atoms with Crippen molar-refractivity contribution in [3.8, 4) is 11.1 Å². The highest BCUT2D eigenvalue weighted by molar-refractivity contribution is 7.98. The lowest BCUT2D eigenvalue weighted by Crippen LogP contribution is -2.19. The minimum Gasteiger partial charge on any atom is -0.338 e. The standard InChI is InChI=1S/C28H34FNO.C4H8S/c1-20(2)30-24-13-11-10-12-23(24)27(21-16-18-22(29)19-17-21)25(30)14-8-6-7-9-15-26(31)28(3,4)5;1-3-4-5-2/h8,10-14,16-20H,6-7,9,15H2,1-5H3;3H,1,4H2,2H3/b14-8+;. The predicted molar refractivity (Wildman–Crippen MR) is 158 cm³/mol. The Labute approximate surface area is 221 Å². The normalized spacial score (nSPS) is 11.7. The largest absolute Gasteiger partial charge is 0.338 e. The number of rotatable bonds is 10. The molecule has 0 amide bonds. The zero-order chi connectivity index (χ0) is 26.7. The van der Waals surface area contributed by atoms with Crippen LogP contribution in [0.2, 0.25) is 0 Å². The summed E-state index contributed by atoms with van der Waals surface area (Å²) in [6, 6.07) is 15.5. The van der Waals surface area contributed by atoms with E-state index >= 15 is 0 Å². The van der Waals surface area contributed by atoms with E-state index in [-0.39, 0.29) is 11.2 Å². The van der Waals surface area contributed by atoms with Gasteiger partial charge in [-0.1, -0.05) is 63.3 Å². The number of carbonyl (C=O) groups is 1. The van der Waals surface area contributed by atoms with E-state index in [1.165, 1.54) is 23.0 Å². The van der Waals surface area contributed by atoms with Crippen molar-refractivity contribution >= 4 is 34.5 Å². The number of hydrogen-bond acceptors (Lipinski definition) is 2. The number of allylic oxidation sites excluding steroid dienone is 1. The molecule has 194 valence electrons. The summed E-state index contributed by atoms with van der Waals surface area (Å²) in [6.07, 6.45) is 11.8. The first kappa shape index (κ1) is 29.6.